The number of hydrogen-bond donors (Lipinski definition) is 0. The van der Waals surface area contributed by atoms with Gasteiger partial charge < -0.3 is 9.47 Å². The Morgan fingerprint density at radius 3 is 2.83 bits per heavy atom. The van der Waals surface area contributed by atoms with E-state index >= 15 is 0 Å². The number of hydrogen-bond acceptors (Lipinski definition) is 4. The molecule has 5 heteroatoms. The van der Waals surface area contributed by atoms with Gasteiger partial charge in [0, 0.05) is 6.20 Å². The van der Waals surface area contributed by atoms with Gasteiger partial charge in [-0.1, -0.05) is 0 Å². The fourth-order valence-corrected chi connectivity index (χ4v) is 1.53. The van der Waals surface area contributed by atoms with Crippen LogP contribution in [0, 0.1) is 13.8 Å². The molecule has 0 aromatic carbocycles. The van der Waals surface area contributed by atoms with Crippen LogP contribution in [-0.4, -0.2) is 16.6 Å². The molecule has 0 bridgehead atoms. The molecule has 0 saturated carbocycles. The highest BCUT2D eigenvalue weighted by molar-refractivity contribution is 5.35. The summed E-state index contributed by atoms with van der Waals surface area (Å²) in [6.45, 7) is 6.31. The predicted molar refractivity (Wildman–Crippen MR) is 65.7 cm³/mol. The van der Waals surface area contributed by atoms with E-state index in [1.54, 1.807) is 12.5 Å². The number of aromatic nitrogens is 3. The fraction of sp³-hybridized carbons (Fsp3) is 0.308. The maximum Gasteiger partial charge on any atom is 0.344 e. The number of nitrogens with zero attached hydrogens (tertiary/aromatic N) is 2. The van der Waals surface area contributed by atoms with Crippen molar-refractivity contribution >= 4 is 0 Å². The van der Waals surface area contributed by atoms with Crippen LogP contribution >= 0.6 is 0 Å². The van der Waals surface area contributed by atoms with Gasteiger partial charge in [-0.3, -0.25) is 4.98 Å². The first-order valence-corrected chi connectivity index (χ1v) is 5.82. The molecule has 0 aliphatic heterocycles. The van der Waals surface area contributed by atoms with Gasteiger partial charge >= 0.3 is 5.88 Å². The first kappa shape index (κ1) is 12.3. The fourth-order valence-electron chi connectivity index (χ4n) is 1.53. The molecule has 0 radical (unpaired) electrons. The van der Waals surface area contributed by atoms with Crippen molar-refractivity contribution in [3.05, 3.63) is 35.9 Å². The Labute approximate surface area is 106 Å². The second-order valence-corrected chi connectivity index (χ2v) is 3.78. The van der Waals surface area contributed by atoms with Gasteiger partial charge in [-0.05, 0) is 37.9 Å². The summed E-state index contributed by atoms with van der Waals surface area (Å²) in [6.07, 6.45) is 3.28. The van der Waals surface area contributed by atoms with Crippen molar-refractivity contribution in [2.24, 2.45) is 0 Å². The second kappa shape index (κ2) is 5.44. The lowest BCUT2D eigenvalue weighted by atomic mass is 10.3. The normalized spacial score (nSPS) is 10.2. The Kier molecular flexibility index (Phi) is 3.72. The van der Waals surface area contributed by atoms with Crippen LogP contribution < -0.4 is 14.5 Å². The monoisotopic (exact) mass is 246 g/mol. The Morgan fingerprint density at radius 1 is 1.28 bits per heavy atom. The van der Waals surface area contributed by atoms with Crippen LogP contribution in [0.4, 0.5) is 0 Å². The minimum absolute atomic E-state index is 0.522. The van der Waals surface area contributed by atoms with Gasteiger partial charge in [0.15, 0.2) is 5.75 Å². The Balaban J connectivity index is 2.30. The standard InChI is InChI=1S/C13H15N3O2/c1-4-17-12-9(2)13(16-8-15-12)18-11-6-5-7-14-10(11)3/h5-8H,4H2,1-3H3/p+1. The zero-order valence-corrected chi connectivity index (χ0v) is 10.7. The molecule has 0 saturated heterocycles. The minimum atomic E-state index is 0.522. The molecule has 18 heavy (non-hydrogen) atoms. The summed E-state index contributed by atoms with van der Waals surface area (Å²) < 4.78 is 11.2. The van der Waals surface area contributed by atoms with Gasteiger partial charge in [0.25, 0.3) is 12.2 Å². The van der Waals surface area contributed by atoms with E-state index in [9.17, 15) is 0 Å². The van der Waals surface area contributed by atoms with Gasteiger partial charge in [0.2, 0.25) is 0 Å². The van der Waals surface area contributed by atoms with E-state index < -0.39 is 0 Å². The number of pyridine rings is 1. The van der Waals surface area contributed by atoms with Crippen molar-refractivity contribution in [1.82, 2.24) is 9.97 Å². The largest absolute Gasteiger partial charge is 0.462 e. The van der Waals surface area contributed by atoms with Crippen LogP contribution in [0.25, 0.3) is 0 Å². The summed E-state index contributed by atoms with van der Waals surface area (Å²) in [5.74, 6) is 1.89. The van der Waals surface area contributed by atoms with Crippen molar-refractivity contribution in [3.63, 3.8) is 0 Å². The number of aromatic amines is 1. The van der Waals surface area contributed by atoms with Gasteiger partial charge in [0.05, 0.1) is 12.3 Å². The van der Waals surface area contributed by atoms with Crippen LogP contribution in [0.2, 0.25) is 0 Å². The number of ether oxygens (including phenoxy) is 2. The maximum absolute atomic E-state index is 5.75. The highest BCUT2D eigenvalue weighted by Crippen LogP contribution is 2.26. The Morgan fingerprint density at radius 2 is 2.11 bits per heavy atom. The molecule has 94 valence electrons. The summed E-state index contributed by atoms with van der Waals surface area (Å²) in [4.78, 5) is 11.3. The lowest BCUT2D eigenvalue weighted by Gasteiger charge is -2.07. The van der Waals surface area contributed by atoms with E-state index in [1.165, 1.54) is 0 Å². The van der Waals surface area contributed by atoms with Crippen LogP contribution in [-0.2, 0) is 0 Å². The molecule has 0 amide bonds. The highest BCUT2D eigenvalue weighted by Gasteiger charge is 2.17. The van der Waals surface area contributed by atoms with Gasteiger partial charge in [0.1, 0.15) is 5.56 Å². The summed E-state index contributed by atoms with van der Waals surface area (Å²) in [5.41, 5.74) is 1.66. The SMILES string of the molecule is CCOc1[nH+]cnc(Oc2cccnc2C)c1C. The number of aryl methyl sites for hydroxylation is 1. The Hall–Kier alpha value is -2.17. The molecule has 0 aliphatic rings. The van der Waals surface area contributed by atoms with Crippen molar-refractivity contribution < 1.29 is 14.5 Å². The second-order valence-electron chi connectivity index (χ2n) is 3.78. The zero-order valence-electron chi connectivity index (χ0n) is 10.7. The van der Waals surface area contributed by atoms with E-state index in [-0.39, 0.29) is 0 Å². The van der Waals surface area contributed by atoms with Crippen molar-refractivity contribution in [3.8, 4) is 17.5 Å². The number of nitrogens with one attached hydrogen (secondary N) is 1. The maximum atomic E-state index is 5.75. The summed E-state index contributed by atoms with van der Waals surface area (Å²) in [7, 11) is 0. The molecule has 0 fully saturated rings. The van der Waals surface area contributed by atoms with Crippen LogP contribution in [0.1, 0.15) is 18.2 Å². The lowest BCUT2D eigenvalue weighted by Crippen LogP contribution is -2.13. The summed E-state index contributed by atoms with van der Waals surface area (Å²) in [5, 5.41) is 0. The molecular weight excluding hydrogens is 230 g/mol. The number of rotatable bonds is 4. The van der Waals surface area contributed by atoms with Crippen molar-refractivity contribution in [1.29, 1.82) is 0 Å². The summed E-state index contributed by atoms with van der Waals surface area (Å²) in [6, 6.07) is 3.69. The molecule has 1 N–H and O–H groups in total. The molecular formula is C13H16N3O2+. The lowest BCUT2D eigenvalue weighted by molar-refractivity contribution is -0.399. The molecule has 2 heterocycles. The highest BCUT2D eigenvalue weighted by atomic mass is 16.5. The predicted octanol–water partition coefficient (Wildman–Crippen LogP) is 2.10. The first-order chi connectivity index (χ1) is 8.72. The van der Waals surface area contributed by atoms with E-state index in [4.69, 9.17) is 9.47 Å². The average molecular weight is 246 g/mol. The molecule has 2 rings (SSSR count). The van der Waals surface area contributed by atoms with E-state index in [2.05, 4.69) is 15.0 Å². The van der Waals surface area contributed by atoms with E-state index in [0.29, 0.717) is 24.1 Å². The molecule has 2 aromatic heterocycles. The molecule has 0 unspecified atom stereocenters. The number of H-pyrrole nitrogens is 1. The molecule has 0 atom stereocenters. The molecule has 5 nitrogen and oxygen atoms in total. The van der Waals surface area contributed by atoms with Crippen LogP contribution in [0.3, 0.4) is 0 Å². The minimum Gasteiger partial charge on any atom is -0.462 e. The van der Waals surface area contributed by atoms with E-state index in [0.717, 1.165) is 11.3 Å². The van der Waals surface area contributed by atoms with Crippen LogP contribution in [0.15, 0.2) is 24.7 Å². The summed E-state index contributed by atoms with van der Waals surface area (Å²) >= 11 is 0. The molecule has 2 aromatic rings. The zero-order chi connectivity index (χ0) is 13.0. The quantitative estimate of drug-likeness (QED) is 0.829. The smallest absolute Gasteiger partial charge is 0.344 e. The van der Waals surface area contributed by atoms with Crippen LogP contribution in [0.5, 0.6) is 17.5 Å². The third-order valence-electron chi connectivity index (χ3n) is 2.49. The average Bonchev–Trinajstić information content (AvgIpc) is 2.37. The topological polar surface area (TPSA) is 58.4 Å². The van der Waals surface area contributed by atoms with Crippen molar-refractivity contribution in [2.45, 2.75) is 20.8 Å². The first-order valence-electron chi connectivity index (χ1n) is 5.82. The third-order valence-corrected chi connectivity index (χ3v) is 2.49. The van der Waals surface area contributed by atoms with Gasteiger partial charge in [-0.15, -0.1) is 0 Å². The van der Waals surface area contributed by atoms with Gasteiger partial charge in [-0.25, -0.2) is 4.98 Å². The molecule has 0 spiro atoms. The molecule has 0 aliphatic carbocycles. The third kappa shape index (κ3) is 2.56. The van der Waals surface area contributed by atoms with Crippen molar-refractivity contribution in [2.75, 3.05) is 6.61 Å². The Bertz CT molecular complexity index is 544. The van der Waals surface area contributed by atoms with E-state index in [1.807, 2.05) is 32.9 Å². The van der Waals surface area contributed by atoms with Gasteiger partial charge in [-0.2, -0.15) is 0 Å².